The summed E-state index contributed by atoms with van der Waals surface area (Å²) in [5.74, 6) is -3.65. The largest absolute Gasteiger partial charge is 0.480 e. The minimum atomic E-state index is -1.45. The van der Waals surface area contributed by atoms with E-state index in [0.717, 1.165) is 11.1 Å². The van der Waals surface area contributed by atoms with Gasteiger partial charge in [0.05, 0.1) is 11.8 Å². The van der Waals surface area contributed by atoms with Crippen molar-refractivity contribution in [2.75, 3.05) is 6.54 Å². The van der Waals surface area contributed by atoms with E-state index in [4.69, 9.17) is 0 Å². The minimum absolute atomic E-state index is 0.263. The fourth-order valence-corrected chi connectivity index (χ4v) is 4.44. The molecule has 4 atom stereocenters. The number of benzene rings is 1. The quantitative estimate of drug-likeness (QED) is 0.813. The van der Waals surface area contributed by atoms with Crippen LogP contribution in [0.25, 0.3) is 0 Å². The molecule has 0 radical (unpaired) electrons. The molecule has 1 aromatic carbocycles. The number of fused-ring (bicyclic) bond motifs is 1. The number of carbonyl (C=O) groups excluding carboxylic acids is 2. The highest BCUT2D eigenvalue weighted by molar-refractivity contribution is 6.09. The molecule has 2 fully saturated rings. The molecule has 2 aliphatic heterocycles. The highest BCUT2D eigenvalue weighted by Crippen LogP contribution is 2.51. The second-order valence-corrected chi connectivity index (χ2v) is 7.29. The molecular formula is C19H24N2O4. The number of carboxylic acids is 1. The van der Waals surface area contributed by atoms with Gasteiger partial charge in [-0.3, -0.25) is 24.6 Å². The van der Waals surface area contributed by atoms with Crippen LogP contribution in [0.15, 0.2) is 24.3 Å². The molecule has 6 nitrogen and oxygen atoms in total. The molecule has 0 spiro atoms. The van der Waals surface area contributed by atoms with Crippen LogP contribution in [0.5, 0.6) is 0 Å². The van der Waals surface area contributed by atoms with Gasteiger partial charge in [-0.2, -0.15) is 0 Å². The van der Waals surface area contributed by atoms with Gasteiger partial charge >= 0.3 is 5.97 Å². The number of hydrogen-bond donors (Lipinski definition) is 2. The first-order chi connectivity index (χ1) is 11.8. The number of nitrogens with zero attached hydrogens (tertiary/aromatic N) is 1. The number of carbonyl (C=O) groups is 3. The zero-order valence-corrected chi connectivity index (χ0v) is 14.9. The van der Waals surface area contributed by atoms with E-state index in [2.05, 4.69) is 5.32 Å². The van der Waals surface area contributed by atoms with Crippen molar-refractivity contribution < 1.29 is 19.5 Å². The monoisotopic (exact) mass is 344 g/mol. The molecule has 2 N–H and O–H groups in total. The molecule has 3 rings (SSSR count). The number of amides is 2. The van der Waals surface area contributed by atoms with E-state index in [0.29, 0.717) is 0 Å². The van der Waals surface area contributed by atoms with Crippen molar-refractivity contribution in [1.29, 1.82) is 0 Å². The molecule has 2 amide bonds. The molecule has 134 valence electrons. The van der Waals surface area contributed by atoms with Crippen molar-refractivity contribution in [3.05, 3.63) is 35.4 Å². The number of aryl methyl sites for hydroxylation is 1. The Labute approximate surface area is 147 Å². The van der Waals surface area contributed by atoms with Crippen molar-refractivity contribution in [3.8, 4) is 0 Å². The van der Waals surface area contributed by atoms with E-state index in [1.54, 1.807) is 20.8 Å². The van der Waals surface area contributed by atoms with E-state index in [1.807, 2.05) is 31.2 Å². The van der Waals surface area contributed by atoms with E-state index in [-0.39, 0.29) is 24.3 Å². The second-order valence-electron chi connectivity index (χ2n) is 7.29. The maximum atomic E-state index is 12.9. The Morgan fingerprint density at radius 3 is 2.52 bits per heavy atom. The first-order valence-electron chi connectivity index (χ1n) is 8.68. The lowest BCUT2D eigenvalue weighted by Crippen LogP contribution is -2.59. The number of nitrogens with one attached hydrogen (secondary N) is 1. The van der Waals surface area contributed by atoms with Crippen LogP contribution in [0.4, 0.5) is 0 Å². The van der Waals surface area contributed by atoms with Crippen LogP contribution in [0.2, 0.25) is 0 Å². The Bertz CT molecular complexity index is 745. The molecular weight excluding hydrogens is 320 g/mol. The maximum Gasteiger partial charge on any atom is 0.325 e. The van der Waals surface area contributed by atoms with Gasteiger partial charge in [0, 0.05) is 12.6 Å². The topological polar surface area (TPSA) is 86.7 Å². The lowest BCUT2D eigenvalue weighted by atomic mass is 9.73. The number of imide groups is 1. The van der Waals surface area contributed by atoms with Gasteiger partial charge in [-0.1, -0.05) is 43.7 Å². The summed E-state index contributed by atoms with van der Waals surface area (Å²) in [7, 11) is 0. The summed E-state index contributed by atoms with van der Waals surface area (Å²) >= 11 is 0. The summed E-state index contributed by atoms with van der Waals surface area (Å²) in [4.78, 5) is 39.3. The predicted molar refractivity (Wildman–Crippen MR) is 91.6 cm³/mol. The standard InChI is InChI=1S/C19H24N2O4/c1-5-21-16(22)13-14(17(21)23)19(10(2)3,18(24)25)20-15(13)12-8-6-7-11(4)9-12/h6-10,13-15,20H,5H2,1-4H3,(H,24,25). The predicted octanol–water partition coefficient (Wildman–Crippen LogP) is 1.74. The number of carboxylic acid groups (broad SMARTS) is 1. The lowest BCUT2D eigenvalue weighted by Gasteiger charge is -2.34. The Balaban J connectivity index is 2.18. The summed E-state index contributed by atoms with van der Waals surface area (Å²) in [6.07, 6.45) is 0. The number of hydrogen-bond acceptors (Lipinski definition) is 4. The Morgan fingerprint density at radius 2 is 2.00 bits per heavy atom. The Kier molecular flexibility index (Phi) is 4.19. The average molecular weight is 344 g/mol. The van der Waals surface area contributed by atoms with Crippen molar-refractivity contribution >= 4 is 17.8 Å². The van der Waals surface area contributed by atoms with Crippen molar-refractivity contribution in [2.45, 2.75) is 39.3 Å². The lowest BCUT2D eigenvalue weighted by molar-refractivity contribution is -0.153. The van der Waals surface area contributed by atoms with E-state index >= 15 is 0 Å². The summed E-state index contributed by atoms with van der Waals surface area (Å²) in [5, 5.41) is 13.2. The molecule has 0 aromatic heterocycles. The highest BCUT2D eigenvalue weighted by atomic mass is 16.4. The van der Waals surface area contributed by atoms with Gasteiger partial charge in [-0.05, 0) is 25.3 Å². The normalized spacial score (nSPS) is 31.7. The van der Waals surface area contributed by atoms with Gasteiger partial charge in [-0.15, -0.1) is 0 Å². The molecule has 0 saturated carbocycles. The third kappa shape index (κ3) is 2.31. The first-order valence-corrected chi connectivity index (χ1v) is 8.68. The van der Waals surface area contributed by atoms with Gasteiger partial charge in [-0.25, -0.2) is 0 Å². The molecule has 6 heteroatoms. The molecule has 2 aliphatic rings. The zero-order chi connectivity index (χ0) is 18.5. The first kappa shape index (κ1) is 17.6. The van der Waals surface area contributed by atoms with Crippen LogP contribution in [0.1, 0.15) is 37.9 Å². The molecule has 1 aromatic rings. The summed E-state index contributed by atoms with van der Waals surface area (Å²) in [5.41, 5.74) is 0.422. The molecule has 0 bridgehead atoms. The number of aliphatic carboxylic acids is 1. The maximum absolute atomic E-state index is 12.9. The van der Waals surface area contributed by atoms with Crippen molar-refractivity contribution in [2.24, 2.45) is 17.8 Å². The van der Waals surface area contributed by atoms with Crippen LogP contribution in [-0.2, 0) is 14.4 Å². The molecule has 4 unspecified atom stereocenters. The van der Waals surface area contributed by atoms with Crippen LogP contribution in [0, 0.1) is 24.7 Å². The van der Waals surface area contributed by atoms with Gasteiger partial charge in [0.1, 0.15) is 5.54 Å². The third-order valence-electron chi connectivity index (χ3n) is 5.67. The third-order valence-corrected chi connectivity index (χ3v) is 5.67. The van der Waals surface area contributed by atoms with E-state index in [9.17, 15) is 19.5 Å². The number of rotatable bonds is 4. The fraction of sp³-hybridized carbons (Fsp3) is 0.526. The average Bonchev–Trinajstić information content (AvgIpc) is 3.03. The van der Waals surface area contributed by atoms with Crippen LogP contribution < -0.4 is 5.32 Å². The Morgan fingerprint density at radius 1 is 1.32 bits per heavy atom. The summed E-state index contributed by atoms with van der Waals surface area (Å²) in [6.45, 7) is 7.51. The SMILES string of the molecule is CCN1C(=O)C2C(c3cccc(C)c3)NC(C(=O)O)(C(C)C)C2C1=O. The summed E-state index contributed by atoms with van der Waals surface area (Å²) < 4.78 is 0. The van der Waals surface area contributed by atoms with Crippen molar-refractivity contribution in [1.82, 2.24) is 10.2 Å². The van der Waals surface area contributed by atoms with E-state index < -0.39 is 29.4 Å². The highest BCUT2D eigenvalue weighted by Gasteiger charge is 2.69. The molecule has 2 heterocycles. The van der Waals surface area contributed by atoms with Gasteiger partial charge in [0.2, 0.25) is 11.8 Å². The van der Waals surface area contributed by atoms with E-state index in [1.165, 1.54) is 4.90 Å². The summed E-state index contributed by atoms with van der Waals surface area (Å²) in [6, 6.07) is 7.17. The van der Waals surface area contributed by atoms with Gasteiger partial charge < -0.3 is 5.11 Å². The molecule has 2 saturated heterocycles. The van der Waals surface area contributed by atoms with Crippen molar-refractivity contribution in [3.63, 3.8) is 0 Å². The Hall–Kier alpha value is -2.21. The van der Waals surface area contributed by atoms with Gasteiger partial charge in [0.25, 0.3) is 0 Å². The number of likely N-dealkylation sites (tertiary alicyclic amines) is 1. The van der Waals surface area contributed by atoms with Crippen LogP contribution in [0.3, 0.4) is 0 Å². The van der Waals surface area contributed by atoms with Gasteiger partial charge in [0.15, 0.2) is 0 Å². The fourth-order valence-electron chi connectivity index (χ4n) is 4.44. The zero-order valence-electron chi connectivity index (χ0n) is 14.9. The van der Waals surface area contributed by atoms with Crippen LogP contribution in [-0.4, -0.2) is 39.9 Å². The smallest absolute Gasteiger partial charge is 0.325 e. The minimum Gasteiger partial charge on any atom is -0.480 e. The second kappa shape index (κ2) is 5.95. The molecule has 0 aliphatic carbocycles. The molecule has 25 heavy (non-hydrogen) atoms. The van der Waals surface area contributed by atoms with Crippen LogP contribution >= 0.6 is 0 Å².